The van der Waals surface area contributed by atoms with Gasteiger partial charge in [-0.15, -0.1) is 0 Å². The first-order chi connectivity index (χ1) is 8.22. The van der Waals surface area contributed by atoms with Gasteiger partial charge in [0.05, 0.1) is 11.4 Å². The van der Waals surface area contributed by atoms with Gasteiger partial charge in [0.1, 0.15) is 5.69 Å². The predicted octanol–water partition coefficient (Wildman–Crippen LogP) is 2.32. The molecule has 2 aromatic rings. The second kappa shape index (κ2) is 4.74. The molecular weight excluding hydrogens is 214 g/mol. The van der Waals surface area contributed by atoms with Crippen LogP contribution in [0, 0.1) is 0 Å². The number of carbonyl (C=O) groups excluding carboxylic acids is 1. The number of aromatic nitrogens is 1. The monoisotopic (exact) mass is 229 g/mol. The van der Waals surface area contributed by atoms with Gasteiger partial charge in [-0.2, -0.15) is 0 Å². The van der Waals surface area contributed by atoms with Crippen molar-refractivity contribution in [3.8, 4) is 0 Å². The Morgan fingerprint density at radius 3 is 2.41 bits per heavy atom. The summed E-state index contributed by atoms with van der Waals surface area (Å²) in [6, 6.07) is 11.2. The second-order valence-corrected chi connectivity index (χ2v) is 3.75. The summed E-state index contributed by atoms with van der Waals surface area (Å²) >= 11 is 0. The van der Waals surface area contributed by atoms with E-state index >= 15 is 0 Å². The summed E-state index contributed by atoms with van der Waals surface area (Å²) in [5.41, 5.74) is 2.31. The molecule has 4 heteroatoms. The van der Waals surface area contributed by atoms with Gasteiger partial charge in [-0.25, -0.2) is 0 Å². The number of hydrogen-bond donors (Lipinski definition) is 2. The molecular formula is C13H15N3O. The van der Waals surface area contributed by atoms with Crippen LogP contribution in [0.25, 0.3) is 0 Å². The van der Waals surface area contributed by atoms with Crippen LogP contribution >= 0.6 is 0 Å². The molecule has 0 fully saturated rings. The van der Waals surface area contributed by atoms with Crippen molar-refractivity contribution in [1.82, 2.24) is 4.57 Å². The lowest BCUT2D eigenvalue weighted by atomic mass is 10.2. The molecule has 1 heterocycles. The number of anilines is 2. The number of nitrogens with one attached hydrogen (secondary N) is 2. The predicted molar refractivity (Wildman–Crippen MR) is 69.4 cm³/mol. The van der Waals surface area contributed by atoms with Crippen LogP contribution in [0.3, 0.4) is 0 Å². The Kier molecular flexibility index (Phi) is 3.14. The van der Waals surface area contributed by atoms with Crippen molar-refractivity contribution in [1.29, 1.82) is 0 Å². The average molecular weight is 229 g/mol. The Labute approximate surface area is 100 Å². The molecule has 88 valence electrons. The van der Waals surface area contributed by atoms with E-state index in [2.05, 4.69) is 10.6 Å². The number of carbonyl (C=O) groups is 1. The van der Waals surface area contributed by atoms with Crippen LogP contribution in [0.15, 0.2) is 42.6 Å². The average Bonchev–Trinajstić information content (AvgIpc) is 2.76. The molecule has 0 radical (unpaired) electrons. The Morgan fingerprint density at radius 1 is 1.12 bits per heavy atom. The van der Waals surface area contributed by atoms with Crippen molar-refractivity contribution >= 4 is 17.3 Å². The molecule has 0 atom stereocenters. The molecule has 1 amide bonds. The molecule has 2 N–H and O–H groups in total. The van der Waals surface area contributed by atoms with Crippen molar-refractivity contribution in [3.63, 3.8) is 0 Å². The quantitative estimate of drug-likeness (QED) is 0.848. The van der Waals surface area contributed by atoms with Gasteiger partial charge in [0.2, 0.25) is 0 Å². The zero-order valence-corrected chi connectivity index (χ0v) is 9.90. The molecule has 0 unspecified atom stereocenters. The van der Waals surface area contributed by atoms with Crippen LogP contribution < -0.4 is 10.6 Å². The van der Waals surface area contributed by atoms with E-state index in [4.69, 9.17) is 0 Å². The number of para-hydroxylation sites is 2. The van der Waals surface area contributed by atoms with Gasteiger partial charge in [0.15, 0.2) is 0 Å². The molecule has 0 aliphatic heterocycles. The van der Waals surface area contributed by atoms with E-state index in [1.165, 1.54) is 0 Å². The fourth-order valence-electron chi connectivity index (χ4n) is 1.69. The van der Waals surface area contributed by atoms with Gasteiger partial charge in [0, 0.05) is 20.3 Å². The third-order valence-electron chi connectivity index (χ3n) is 2.62. The van der Waals surface area contributed by atoms with Crippen LogP contribution in [0.5, 0.6) is 0 Å². The summed E-state index contributed by atoms with van der Waals surface area (Å²) < 4.78 is 1.79. The highest BCUT2D eigenvalue weighted by Crippen LogP contribution is 2.20. The topological polar surface area (TPSA) is 46.1 Å². The van der Waals surface area contributed by atoms with Crippen molar-refractivity contribution in [2.24, 2.45) is 7.05 Å². The maximum absolute atomic E-state index is 12.0. The molecule has 17 heavy (non-hydrogen) atoms. The molecule has 1 aromatic carbocycles. The number of benzene rings is 1. The lowest BCUT2D eigenvalue weighted by molar-refractivity contribution is 0.101. The van der Waals surface area contributed by atoms with Crippen LogP contribution in [0.2, 0.25) is 0 Å². The number of amides is 1. The summed E-state index contributed by atoms with van der Waals surface area (Å²) in [5, 5.41) is 5.92. The van der Waals surface area contributed by atoms with Crippen LogP contribution in [0.1, 0.15) is 10.5 Å². The lowest BCUT2D eigenvalue weighted by Gasteiger charge is -2.10. The summed E-state index contributed by atoms with van der Waals surface area (Å²) in [5.74, 6) is -0.111. The van der Waals surface area contributed by atoms with Crippen LogP contribution in [-0.4, -0.2) is 17.5 Å². The Balaban J connectivity index is 2.22. The minimum atomic E-state index is -0.111. The highest BCUT2D eigenvalue weighted by Gasteiger charge is 2.10. The fourth-order valence-corrected chi connectivity index (χ4v) is 1.69. The van der Waals surface area contributed by atoms with Crippen molar-refractivity contribution in [2.45, 2.75) is 0 Å². The number of hydrogen-bond acceptors (Lipinski definition) is 2. The molecule has 0 saturated heterocycles. The standard InChI is InChI=1S/C13H15N3O/c1-14-10-6-3-4-7-11(10)15-13(17)12-8-5-9-16(12)2/h3-9,14H,1-2H3,(H,15,17). The lowest BCUT2D eigenvalue weighted by Crippen LogP contribution is -2.16. The first-order valence-corrected chi connectivity index (χ1v) is 5.42. The third-order valence-corrected chi connectivity index (χ3v) is 2.62. The smallest absolute Gasteiger partial charge is 0.272 e. The van der Waals surface area contributed by atoms with E-state index in [-0.39, 0.29) is 5.91 Å². The number of aryl methyl sites for hydroxylation is 1. The maximum Gasteiger partial charge on any atom is 0.272 e. The van der Waals surface area contributed by atoms with E-state index in [1.807, 2.05) is 50.6 Å². The first kappa shape index (κ1) is 11.3. The maximum atomic E-state index is 12.0. The summed E-state index contributed by atoms with van der Waals surface area (Å²) in [4.78, 5) is 12.0. The first-order valence-electron chi connectivity index (χ1n) is 5.42. The van der Waals surface area contributed by atoms with Gasteiger partial charge in [0.25, 0.3) is 5.91 Å². The highest BCUT2D eigenvalue weighted by molar-refractivity contribution is 6.04. The van der Waals surface area contributed by atoms with E-state index in [9.17, 15) is 4.79 Å². The molecule has 1 aromatic heterocycles. The minimum Gasteiger partial charge on any atom is -0.386 e. The molecule has 0 spiro atoms. The minimum absolute atomic E-state index is 0.111. The molecule has 0 saturated carbocycles. The zero-order chi connectivity index (χ0) is 12.3. The Hall–Kier alpha value is -2.23. The van der Waals surface area contributed by atoms with Crippen LogP contribution in [-0.2, 0) is 7.05 Å². The molecule has 0 aliphatic carbocycles. The second-order valence-electron chi connectivity index (χ2n) is 3.75. The Morgan fingerprint density at radius 2 is 1.82 bits per heavy atom. The normalized spacial score (nSPS) is 10.0. The van der Waals surface area contributed by atoms with E-state index < -0.39 is 0 Å². The summed E-state index contributed by atoms with van der Waals surface area (Å²) in [7, 11) is 3.67. The summed E-state index contributed by atoms with van der Waals surface area (Å²) in [6.45, 7) is 0. The van der Waals surface area contributed by atoms with Gasteiger partial charge in [-0.05, 0) is 24.3 Å². The van der Waals surface area contributed by atoms with E-state index in [0.29, 0.717) is 5.69 Å². The Bertz CT molecular complexity index is 531. The summed E-state index contributed by atoms with van der Waals surface area (Å²) in [6.07, 6.45) is 1.85. The zero-order valence-electron chi connectivity index (χ0n) is 9.90. The van der Waals surface area contributed by atoms with Gasteiger partial charge in [-0.3, -0.25) is 4.79 Å². The van der Waals surface area contributed by atoms with E-state index in [0.717, 1.165) is 11.4 Å². The van der Waals surface area contributed by atoms with Gasteiger partial charge in [-0.1, -0.05) is 12.1 Å². The van der Waals surface area contributed by atoms with Gasteiger partial charge < -0.3 is 15.2 Å². The molecule has 4 nitrogen and oxygen atoms in total. The van der Waals surface area contributed by atoms with Crippen LogP contribution in [0.4, 0.5) is 11.4 Å². The fraction of sp³-hybridized carbons (Fsp3) is 0.154. The number of nitrogens with zero attached hydrogens (tertiary/aromatic N) is 1. The molecule has 0 bridgehead atoms. The van der Waals surface area contributed by atoms with Crippen molar-refractivity contribution in [2.75, 3.05) is 17.7 Å². The number of rotatable bonds is 3. The molecule has 0 aliphatic rings. The third kappa shape index (κ3) is 2.30. The van der Waals surface area contributed by atoms with E-state index in [1.54, 1.807) is 10.6 Å². The van der Waals surface area contributed by atoms with Gasteiger partial charge >= 0.3 is 0 Å². The van der Waals surface area contributed by atoms with Crippen molar-refractivity contribution < 1.29 is 4.79 Å². The largest absolute Gasteiger partial charge is 0.386 e. The molecule has 2 rings (SSSR count). The van der Waals surface area contributed by atoms with Crippen molar-refractivity contribution in [3.05, 3.63) is 48.3 Å². The SMILES string of the molecule is CNc1ccccc1NC(=O)c1cccn1C. The highest BCUT2D eigenvalue weighted by atomic mass is 16.1.